The lowest BCUT2D eigenvalue weighted by Crippen LogP contribution is -2.66. The number of benzene rings is 2. The molecule has 1 heterocycles. The van der Waals surface area contributed by atoms with Crippen LogP contribution in [0.2, 0.25) is 13.1 Å². The Labute approximate surface area is 178 Å². The van der Waals surface area contributed by atoms with Gasteiger partial charge in [0, 0.05) is 56.2 Å². The number of nitrogens with zero attached hydrogens (tertiary/aromatic N) is 3. The van der Waals surface area contributed by atoms with Crippen LogP contribution in [0.15, 0.2) is 60.7 Å². The number of hydrogen-bond acceptors (Lipinski definition) is 4. The summed E-state index contributed by atoms with van der Waals surface area (Å²) in [5, 5.41) is 0. The van der Waals surface area contributed by atoms with Crippen molar-refractivity contribution in [3.8, 4) is 0 Å². The maximum Gasteiger partial charge on any atom is 0.198 e. The van der Waals surface area contributed by atoms with Gasteiger partial charge in [0.15, 0.2) is 8.40 Å². The zero-order valence-electron chi connectivity index (χ0n) is 18.9. The van der Waals surface area contributed by atoms with Gasteiger partial charge in [0.2, 0.25) is 0 Å². The molecular weight excluding hydrogens is 372 g/mol. The van der Waals surface area contributed by atoms with Crippen LogP contribution in [0.4, 0.5) is 11.4 Å². The lowest BCUT2D eigenvalue weighted by molar-refractivity contribution is 0.398. The van der Waals surface area contributed by atoms with E-state index in [9.17, 15) is 0 Å². The number of nitrogens with one attached hydrogen (secondary N) is 1. The molecule has 0 spiro atoms. The Kier molecular flexibility index (Phi) is 7.04. The minimum Gasteiger partial charge on any atom is -0.369 e. The summed E-state index contributed by atoms with van der Waals surface area (Å²) in [6, 6.07) is 21.8. The van der Waals surface area contributed by atoms with E-state index in [2.05, 4.69) is 114 Å². The third kappa shape index (κ3) is 6.33. The van der Waals surface area contributed by atoms with Crippen LogP contribution in [0.1, 0.15) is 20.8 Å². The molecule has 29 heavy (non-hydrogen) atoms. The lowest BCUT2D eigenvalue weighted by Gasteiger charge is -2.42. The van der Waals surface area contributed by atoms with Gasteiger partial charge in [0.05, 0.1) is 0 Å². The Morgan fingerprint density at radius 2 is 1.03 bits per heavy atom. The van der Waals surface area contributed by atoms with Gasteiger partial charge < -0.3 is 19.3 Å². The fourth-order valence-electron chi connectivity index (χ4n) is 4.41. The first kappa shape index (κ1) is 21.9. The van der Waals surface area contributed by atoms with Crippen LogP contribution >= 0.6 is 0 Å². The Balaban J connectivity index is 1.85. The second-order valence-electron chi connectivity index (χ2n) is 9.57. The van der Waals surface area contributed by atoms with E-state index in [-0.39, 0.29) is 5.54 Å². The molecule has 0 aromatic heterocycles. The molecule has 2 aromatic rings. The van der Waals surface area contributed by atoms with Gasteiger partial charge in [-0.1, -0.05) is 36.4 Å². The van der Waals surface area contributed by atoms with Crippen LogP contribution in [0, 0.1) is 0 Å². The highest BCUT2D eigenvalue weighted by Gasteiger charge is 2.34. The summed E-state index contributed by atoms with van der Waals surface area (Å²) >= 11 is 0. The molecule has 1 N–H and O–H groups in total. The normalized spacial score (nSPS) is 17.6. The van der Waals surface area contributed by atoms with Crippen LogP contribution in [0.25, 0.3) is 0 Å². The second kappa shape index (κ2) is 9.33. The molecule has 5 heteroatoms. The average molecular weight is 411 g/mol. The van der Waals surface area contributed by atoms with Gasteiger partial charge in [-0.25, -0.2) is 0 Å². The van der Waals surface area contributed by atoms with Crippen molar-refractivity contribution in [1.29, 1.82) is 0 Å². The molecule has 4 nitrogen and oxygen atoms in total. The van der Waals surface area contributed by atoms with Crippen LogP contribution in [0.3, 0.4) is 0 Å². The van der Waals surface area contributed by atoms with Crippen molar-refractivity contribution in [3.05, 3.63) is 60.7 Å². The Hall–Kier alpha value is -1.82. The standard InChI is InChI=1S/C24H38N4Si/c1-24(2,3)25-29(4,5)28-20-18-26(22-12-8-6-9-13-22)16-17-27(19-21-28)23-14-10-7-11-15-23/h6-15,25H,16-21H2,1-5H3. The summed E-state index contributed by atoms with van der Waals surface area (Å²) in [5.41, 5.74) is 2.78. The molecule has 1 aliphatic heterocycles. The van der Waals surface area contributed by atoms with Crippen molar-refractivity contribution in [2.24, 2.45) is 0 Å². The second-order valence-corrected chi connectivity index (χ2v) is 13.6. The molecule has 3 rings (SSSR count). The quantitative estimate of drug-likeness (QED) is 0.754. The highest BCUT2D eigenvalue weighted by Crippen LogP contribution is 2.20. The first-order valence-corrected chi connectivity index (χ1v) is 13.8. The summed E-state index contributed by atoms with van der Waals surface area (Å²) in [4.78, 5) is 9.07. The number of anilines is 2. The van der Waals surface area contributed by atoms with Gasteiger partial charge in [0.1, 0.15) is 0 Å². The van der Waals surface area contributed by atoms with E-state index in [0.717, 1.165) is 39.3 Å². The molecule has 0 unspecified atom stereocenters. The van der Waals surface area contributed by atoms with Crippen molar-refractivity contribution < 1.29 is 0 Å². The first-order chi connectivity index (χ1) is 13.7. The van der Waals surface area contributed by atoms with Crippen molar-refractivity contribution in [2.75, 3.05) is 49.1 Å². The topological polar surface area (TPSA) is 21.8 Å². The SMILES string of the molecule is CC(C)(C)N[Si](C)(C)N1CCN(c2ccccc2)CCN(c2ccccc2)CC1. The molecule has 0 bridgehead atoms. The maximum absolute atomic E-state index is 3.97. The molecule has 0 amide bonds. The van der Waals surface area contributed by atoms with Gasteiger partial charge in [0.25, 0.3) is 0 Å². The molecule has 0 aliphatic carbocycles. The summed E-state index contributed by atoms with van der Waals surface area (Å²) in [6.45, 7) is 18.2. The first-order valence-electron chi connectivity index (χ1n) is 10.9. The molecule has 2 aromatic carbocycles. The zero-order valence-corrected chi connectivity index (χ0v) is 19.9. The highest BCUT2D eigenvalue weighted by molar-refractivity contribution is 6.72. The van der Waals surface area contributed by atoms with Crippen molar-refractivity contribution in [1.82, 2.24) is 9.55 Å². The lowest BCUT2D eigenvalue weighted by atomic mass is 10.1. The van der Waals surface area contributed by atoms with Crippen molar-refractivity contribution in [3.63, 3.8) is 0 Å². The van der Waals surface area contributed by atoms with E-state index in [0.29, 0.717) is 0 Å². The van der Waals surface area contributed by atoms with Crippen LogP contribution < -0.4 is 14.8 Å². The highest BCUT2D eigenvalue weighted by atomic mass is 28.3. The molecule has 1 fully saturated rings. The summed E-state index contributed by atoms with van der Waals surface area (Å²) in [6.07, 6.45) is 0. The van der Waals surface area contributed by atoms with E-state index in [4.69, 9.17) is 0 Å². The molecule has 1 saturated heterocycles. The van der Waals surface area contributed by atoms with Gasteiger partial charge in [-0.05, 0) is 58.1 Å². The fourth-order valence-corrected chi connectivity index (χ4v) is 7.72. The Morgan fingerprint density at radius 1 is 0.655 bits per heavy atom. The maximum atomic E-state index is 3.97. The van der Waals surface area contributed by atoms with Gasteiger partial charge in [-0.3, -0.25) is 0 Å². The van der Waals surface area contributed by atoms with Gasteiger partial charge >= 0.3 is 0 Å². The van der Waals surface area contributed by atoms with E-state index < -0.39 is 8.40 Å². The van der Waals surface area contributed by atoms with Gasteiger partial charge in [-0.2, -0.15) is 0 Å². The minimum absolute atomic E-state index is 0.131. The zero-order chi connectivity index (χ0) is 20.9. The van der Waals surface area contributed by atoms with E-state index in [1.165, 1.54) is 11.4 Å². The third-order valence-electron chi connectivity index (χ3n) is 5.63. The summed E-state index contributed by atoms with van der Waals surface area (Å²) in [5.74, 6) is 0. The van der Waals surface area contributed by atoms with Crippen LogP contribution in [0.5, 0.6) is 0 Å². The van der Waals surface area contributed by atoms with E-state index >= 15 is 0 Å². The summed E-state index contributed by atoms with van der Waals surface area (Å²) < 4.78 is 2.75. The van der Waals surface area contributed by atoms with E-state index in [1.54, 1.807) is 0 Å². The monoisotopic (exact) mass is 410 g/mol. The van der Waals surface area contributed by atoms with E-state index in [1.807, 2.05) is 0 Å². The molecule has 0 atom stereocenters. The van der Waals surface area contributed by atoms with Crippen LogP contribution in [-0.2, 0) is 0 Å². The number of hydrogen-bond donors (Lipinski definition) is 1. The molecule has 0 radical (unpaired) electrons. The minimum atomic E-state index is -1.75. The van der Waals surface area contributed by atoms with Gasteiger partial charge in [-0.15, -0.1) is 0 Å². The van der Waals surface area contributed by atoms with Crippen molar-refractivity contribution >= 4 is 19.8 Å². The van der Waals surface area contributed by atoms with Crippen LogP contribution in [-0.4, -0.2) is 57.8 Å². The largest absolute Gasteiger partial charge is 0.369 e. The molecule has 1 aliphatic rings. The Morgan fingerprint density at radius 3 is 1.41 bits per heavy atom. The predicted octanol–water partition coefficient (Wildman–Crippen LogP) is 4.41. The predicted molar refractivity (Wildman–Crippen MR) is 129 cm³/mol. The summed E-state index contributed by atoms with van der Waals surface area (Å²) in [7, 11) is -1.75. The average Bonchev–Trinajstić information content (AvgIpc) is 2.78. The Bertz CT molecular complexity index is 691. The third-order valence-corrected chi connectivity index (χ3v) is 9.02. The van der Waals surface area contributed by atoms with Crippen molar-refractivity contribution in [2.45, 2.75) is 39.4 Å². The fraction of sp³-hybridized carbons (Fsp3) is 0.500. The molecule has 158 valence electrons. The molecular formula is C24H38N4Si. The number of rotatable bonds is 4. The smallest absolute Gasteiger partial charge is 0.198 e. The number of para-hydroxylation sites is 2. The molecule has 0 saturated carbocycles.